The lowest BCUT2D eigenvalue weighted by Crippen LogP contribution is -2.73. The average molecular weight is 1070 g/mol. The molecule has 1 unspecified atom stereocenters. The van der Waals surface area contributed by atoms with Gasteiger partial charge in [0.2, 0.25) is 0 Å². The highest BCUT2D eigenvalue weighted by Gasteiger charge is 2.51. The summed E-state index contributed by atoms with van der Waals surface area (Å²) < 4.78 is 0. The van der Waals surface area contributed by atoms with E-state index in [1.165, 1.54) is 76.4 Å². The largest absolute Gasteiger partial charge is 0.311 e. The van der Waals surface area contributed by atoms with Crippen LogP contribution in [-0.2, 0) is 5.41 Å². The van der Waals surface area contributed by atoms with Crippen LogP contribution in [0.2, 0.25) is 0 Å². The molecule has 14 rings (SSSR count). The van der Waals surface area contributed by atoms with Gasteiger partial charge in [-0.05, 0) is 177 Å². The third-order valence-electron chi connectivity index (χ3n) is 17.2. The molecule has 3 heteroatoms. The molecule has 0 N–H and O–H groups in total. The topological polar surface area (TPSA) is 6.48 Å². The Morgan fingerprint density at radius 2 is 0.829 bits per heavy atom. The summed E-state index contributed by atoms with van der Waals surface area (Å²) in [6.07, 6.45) is 3.95. The van der Waals surface area contributed by atoms with E-state index >= 15 is 0 Å². The molecule has 12 aromatic carbocycles. The van der Waals surface area contributed by atoms with Crippen molar-refractivity contribution in [3.05, 3.63) is 327 Å². The molecule has 1 aliphatic heterocycles. The molecule has 0 radical (unpaired) electrons. The molecular formula is C79H60N2Si. The van der Waals surface area contributed by atoms with Crippen molar-refractivity contribution >= 4 is 75.1 Å². The van der Waals surface area contributed by atoms with Crippen molar-refractivity contribution in [3.63, 3.8) is 0 Å². The summed E-state index contributed by atoms with van der Waals surface area (Å²) in [4.78, 5) is 4.77. The van der Waals surface area contributed by atoms with E-state index < -0.39 is 8.07 Å². The molecule has 0 fully saturated rings. The number of rotatable bonds is 13. The van der Waals surface area contributed by atoms with E-state index in [-0.39, 0.29) is 5.41 Å². The summed E-state index contributed by atoms with van der Waals surface area (Å²) in [6, 6.07) is 108. The lowest BCUT2D eigenvalue weighted by Gasteiger charge is -2.34. The van der Waals surface area contributed by atoms with Gasteiger partial charge >= 0.3 is 0 Å². The number of hydrogen-bond acceptors (Lipinski definition) is 2. The summed E-state index contributed by atoms with van der Waals surface area (Å²) >= 11 is 0. The molecule has 0 saturated heterocycles. The molecule has 0 spiro atoms. The highest BCUT2D eigenvalue weighted by Crippen LogP contribution is 2.51. The zero-order valence-corrected chi connectivity index (χ0v) is 47.2. The van der Waals surface area contributed by atoms with Gasteiger partial charge in [-0.15, -0.1) is 0 Å². The molecule has 1 heterocycles. The van der Waals surface area contributed by atoms with Crippen molar-refractivity contribution in [2.45, 2.75) is 19.3 Å². The van der Waals surface area contributed by atoms with E-state index in [0.29, 0.717) is 0 Å². The number of fused-ring (bicyclic) bond motifs is 6. The molecule has 82 heavy (non-hydrogen) atoms. The number of anilines is 6. The monoisotopic (exact) mass is 1060 g/mol. The molecule has 2 nitrogen and oxygen atoms in total. The predicted molar refractivity (Wildman–Crippen MR) is 352 cm³/mol. The Labute approximate surface area is 483 Å². The Kier molecular flexibility index (Phi) is 12.6. The fourth-order valence-electron chi connectivity index (χ4n) is 13.4. The first-order valence-corrected chi connectivity index (χ1v) is 30.4. The van der Waals surface area contributed by atoms with Gasteiger partial charge in [0.05, 0.1) is 0 Å². The second-order valence-corrected chi connectivity index (χ2v) is 25.8. The van der Waals surface area contributed by atoms with Gasteiger partial charge in [0.25, 0.3) is 0 Å². The third-order valence-corrected chi connectivity index (χ3v) is 22.1. The molecule has 2 aliphatic rings. The van der Waals surface area contributed by atoms with Crippen molar-refractivity contribution in [1.82, 2.24) is 0 Å². The van der Waals surface area contributed by atoms with Gasteiger partial charge in [-0.3, -0.25) is 0 Å². The van der Waals surface area contributed by atoms with Crippen LogP contribution in [0, 0.1) is 0 Å². The maximum Gasteiger partial charge on any atom is 0.181 e. The highest BCUT2D eigenvalue weighted by molar-refractivity contribution is 7.22. The van der Waals surface area contributed by atoms with Crippen molar-refractivity contribution < 1.29 is 0 Å². The van der Waals surface area contributed by atoms with Crippen LogP contribution in [0.3, 0.4) is 0 Å². The zero-order chi connectivity index (χ0) is 55.4. The fourth-order valence-corrected chi connectivity index (χ4v) is 18.8. The van der Waals surface area contributed by atoms with Gasteiger partial charge in [0, 0.05) is 39.5 Å². The maximum absolute atomic E-state index is 4.33. The van der Waals surface area contributed by atoms with Crippen LogP contribution in [-0.4, -0.2) is 8.07 Å². The van der Waals surface area contributed by atoms with Crippen LogP contribution < -0.4 is 30.5 Å². The Balaban J connectivity index is 1.01. The van der Waals surface area contributed by atoms with E-state index in [0.717, 1.165) is 56.4 Å². The van der Waals surface area contributed by atoms with Gasteiger partial charge in [-0.2, -0.15) is 0 Å². The summed E-state index contributed by atoms with van der Waals surface area (Å²) in [6.45, 7) is 13.3. The molecule has 1 atom stereocenters. The second kappa shape index (κ2) is 20.6. The molecule has 0 amide bonds. The van der Waals surface area contributed by atoms with Crippen molar-refractivity contribution in [1.29, 1.82) is 0 Å². The van der Waals surface area contributed by atoms with Crippen LogP contribution in [0.15, 0.2) is 304 Å². The Morgan fingerprint density at radius 3 is 1.50 bits per heavy atom. The van der Waals surface area contributed by atoms with Crippen LogP contribution >= 0.6 is 0 Å². The number of para-hydroxylation sites is 3. The number of hydrogen-bond donors (Lipinski definition) is 0. The molecule has 0 bridgehead atoms. The summed E-state index contributed by atoms with van der Waals surface area (Å²) in [5, 5.41) is 5.37. The van der Waals surface area contributed by atoms with E-state index in [1.54, 1.807) is 0 Å². The third kappa shape index (κ3) is 8.31. The summed E-state index contributed by atoms with van der Waals surface area (Å²) in [5.41, 5.74) is 23.7. The minimum absolute atomic E-state index is 0.155. The molecule has 390 valence electrons. The molecular weight excluding hydrogens is 1000 g/mol. The van der Waals surface area contributed by atoms with Crippen molar-refractivity contribution in [2.75, 3.05) is 9.80 Å². The molecule has 0 aromatic heterocycles. The van der Waals surface area contributed by atoms with Gasteiger partial charge < -0.3 is 9.80 Å². The molecule has 0 saturated carbocycles. The average Bonchev–Trinajstić information content (AvgIpc) is 2.08. The fraction of sp³-hybridized carbons (Fsp3) is 0.0380. The molecule has 1 aliphatic carbocycles. The quantitative estimate of drug-likeness (QED) is 0.106. The van der Waals surface area contributed by atoms with E-state index in [4.69, 9.17) is 0 Å². The second-order valence-electron chi connectivity index (χ2n) is 22.1. The number of benzene rings is 12. The Bertz CT molecular complexity index is 4340. The Hall–Kier alpha value is -10.1. The SMILES string of the molecule is C=Cc1ccc([Si]2(c3cccc(C=C)c3)c3ccc(-c4ccc(N(c5ccccc5)c5ccccc5)cc4)cc3-c3c(-c4ccccc4)ccc(-c4cccc(N(c5ccccc5)c5ccc6c(c5)C(C)(C)c5ccccc5-6)c4)c32)cc1. The van der Waals surface area contributed by atoms with Crippen molar-refractivity contribution in [3.8, 4) is 55.6 Å². The van der Waals surface area contributed by atoms with Crippen LogP contribution in [0.25, 0.3) is 67.8 Å². The first kappa shape index (κ1) is 50.2. The smallest absolute Gasteiger partial charge is 0.181 e. The normalized spacial score (nSPS) is 14.2. The lowest BCUT2D eigenvalue weighted by atomic mass is 9.82. The Morgan fingerprint density at radius 1 is 0.317 bits per heavy atom. The first-order chi connectivity index (χ1) is 40.3. The standard InChI is InChI=1S/C79H60N2Si/c1-5-55-37-45-67(46-38-55)82(68-34-21-23-56(6-2)51-68)76-50-41-59(57-39-42-64(43-40-57)80(61-27-13-8-14-28-61)62-29-15-9-16-30-62)53-73(76)77-69(58-24-11-7-12-25-58)48-49-70(78(77)82)60-26-22-33-65(52-60)81(63-31-17-10-18-32-63)66-44-47-72-71-35-19-20-36-74(71)79(3,4)75(72)54-66/h5-54H,1-2H2,3-4H3. The first-order valence-electron chi connectivity index (χ1n) is 28.4. The van der Waals surface area contributed by atoms with E-state index in [1.807, 2.05) is 12.2 Å². The molecule has 12 aromatic rings. The zero-order valence-electron chi connectivity index (χ0n) is 46.2. The maximum atomic E-state index is 4.33. The van der Waals surface area contributed by atoms with Crippen LogP contribution in [0.4, 0.5) is 34.1 Å². The van der Waals surface area contributed by atoms with Crippen LogP contribution in [0.5, 0.6) is 0 Å². The lowest BCUT2D eigenvalue weighted by molar-refractivity contribution is 0.660. The van der Waals surface area contributed by atoms with Crippen molar-refractivity contribution in [2.24, 2.45) is 0 Å². The summed E-state index contributed by atoms with van der Waals surface area (Å²) in [5.74, 6) is 0. The van der Waals surface area contributed by atoms with Gasteiger partial charge in [-0.25, -0.2) is 0 Å². The summed E-state index contributed by atoms with van der Waals surface area (Å²) in [7, 11) is -3.26. The minimum atomic E-state index is -3.26. The predicted octanol–water partition coefficient (Wildman–Crippen LogP) is 18.6. The van der Waals surface area contributed by atoms with E-state index in [2.05, 4.69) is 328 Å². The van der Waals surface area contributed by atoms with Crippen LogP contribution in [0.1, 0.15) is 36.1 Å². The van der Waals surface area contributed by atoms with Gasteiger partial charge in [0.1, 0.15) is 0 Å². The highest BCUT2D eigenvalue weighted by atomic mass is 28.3. The van der Waals surface area contributed by atoms with Gasteiger partial charge in [-0.1, -0.05) is 251 Å². The van der Waals surface area contributed by atoms with E-state index in [9.17, 15) is 0 Å². The number of nitrogens with zero attached hydrogens (tertiary/aromatic N) is 2. The van der Waals surface area contributed by atoms with Gasteiger partial charge in [0.15, 0.2) is 8.07 Å². The minimum Gasteiger partial charge on any atom is -0.311 e.